The van der Waals surface area contributed by atoms with Gasteiger partial charge < -0.3 is 25.7 Å². The van der Waals surface area contributed by atoms with Crippen LogP contribution in [0.1, 0.15) is 44.2 Å². The van der Waals surface area contributed by atoms with Gasteiger partial charge in [-0.2, -0.15) is 0 Å². The monoisotopic (exact) mass is 571 g/mol. The zero-order valence-electron chi connectivity index (χ0n) is 23.5. The summed E-state index contributed by atoms with van der Waals surface area (Å²) in [5.74, 6) is -7.84. The highest BCUT2D eigenvalue weighted by atomic mass is 19.1. The van der Waals surface area contributed by atoms with Crippen molar-refractivity contribution in [3.63, 3.8) is 0 Å². The SMILES string of the molecule is CC(=O)C1=C(O)[C@@]2(O)C(=O)C3=C(O)c4c(O)c(NC(=O)[C@@H]5CCCN5C)cc(F)c4C[C@@]3(C)C[C@H]2[C@H](N(C)C)C1=O. The molecule has 220 valence electrons. The lowest BCUT2D eigenvalue weighted by Gasteiger charge is -2.53. The molecule has 11 nitrogen and oxygen atoms in total. The van der Waals surface area contributed by atoms with E-state index in [4.69, 9.17) is 0 Å². The van der Waals surface area contributed by atoms with Crippen LogP contribution in [0, 0.1) is 17.2 Å². The van der Waals surface area contributed by atoms with E-state index in [0.29, 0.717) is 13.0 Å². The Kier molecular flexibility index (Phi) is 6.67. The van der Waals surface area contributed by atoms with Crippen LogP contribution in [0.25, 0.3) is 5.76 Å². The smallest absolute Gasteiger partial charge is 0.241 e. The lowest BCUT2D eigenvalue weighted by molar-refractivity contribution is -0.156. The topological polar surface area (TPSA) is 168 Å². The first-order valence-electron chi connectivity index (χ1n) is 13.5. The number of carbonyl (C=O) groups is 4. The minimum Gasteiger partial charge on any atom is -0.508 e. The highest BCUT2D eigenvalue weighted by Crippen LogP contribution is 2.58. The molecule has 1 aliphatic heterocycles. The molecule has 0 aromatic heterocycles. The molecule has 0 spiro atoms. The van der Waals surface area contributed by atoms with Crippen LogP contribution in [-0.4, -0.2) is 98.9 Å². The summed E-state index contributed by atoms with van der Waals surface area (Å²) in [5.41, 5.74) is -5.94. The number of likely N-dealkylation sites (tertiary alicyclic amines) is 1. The average Bonchev–Trinajstić information content (AvgIpc) is 3.30. The molecule has 2 fully saturated rings. The van der Waals surface area contributed by atoms with Crippen molar-refractivity contribution in [3.05, 3.63) is 39.9 Å². The van der Waals surface area contributed by atoms with Gasteiger partial charge in [0.2, 0.25) is 11.7 Å². The molecule has 4 aliphatic rings. The lowest BCUT2D eigenvalue weighted by atomic mass is 9.52. The summed E-state index contributed by atoms with van der Waals surface area (Å²) in [5, 5.41) is 48.0. The predicted octanol–water partition coefficient (Wildman–Crippen LogP) is 1.63. The Labute approximate surface area is 235 Å². The van der Waals surface area contributed by atoms with E-state index in [1.54, 1.807) is 14.0 Å². The Morgan fingerprint density at radius 2 is 1.85 bits per heavy atom. The van der Waals surface area contributed by atoms with Gasteiger partial charge in [0, 0.05) is 28.5 Å². The molecular formula is C29H34FN3O8. The van der Waals surface area contributed by atoms with Gasteiger partial charge in [-0.15, -0.1) is 0 Å². The fourth-order valence-corrected chi connectivity index (χ4v) is 7.29. The Bertz CT molecular complexity index is 1480. The number of fused-ring (bicyclic) bond motifs is 3. The van der Waals surface area contributed by atoms with Crippen LogP contribution in [-0.2, 0) is 25.6 Å². The number of benzene rings is 1. The van der Waals surface area contributed by atoms with Crippen molar-refractivity contribution in [2.24, 2.45) is 11.3 Å². The van der Waals surface area contributed by atoms with Crippen molar-refractivity contribution in [3.8, 4) is 5.75 Å². The number of aliphatic hydroxyl groups is 3. The van der Waals surface area contributed by atoms with Gasteiger partial charge in [0.15, 0.2) is 22.9 Å². The van der Waals surface area contributed by atoms with Gasteiger partial charge in [-0.1, -0.05) is 6.92 Å². The van der Waals surface area contributed by atoms with Gasteiger partial charge in [0.05, 0.1) is 23.3 Å². The second-order valence-electron chi connectivity index (χ2n) is 12.2. The number of nitrogens with one attached hydrogen (secondary N) is 1. The number of nitrogens with zero attached hydrogens (tertiary/aromatic N) is 2. The maximum Gasteiger partial charge on any atom is 0.241 e. The van der Waals surface area contributed by atoms with Crippen LogP contribution in [0.3, 0.4) is 0 Å². The summed E-state index contributed by atoms with van der Waals surface area (Å²) < 4.78 is 15.6. The molecule has 0 radical (unpaired) electrons. The van der Waals surface area contributed by atoms with Crippen molar-refractivity contribution in [1.82, 2.24) is 9.80 Å². The number of halogens is 1. The molecule has 1 saturated heterocycles. The number of anilines is 1. The van der Waals surface area contributed by atoms with Gasteiger partial charge >= 0.3 is 0 Å². The first-order valence-corrected chi connectivity index (χ1v) is 13.5. The van der Waals surface area contributed by atoms with Gasteiger partial charge in [-0.3, -0.25) is 29.0 Å². The Morgan fingerprint density at radius 1 is 1.20 bits per heavy atom. The highest BCUT2D eigenvalue weighted by molar-refractivity contribution is 6.25. The minimum absolute atomic E-state index is 0.104. The van der Waals surface area contributed by atoms with Crippen molar-refractivity contribution >= 4 is 34.7 Å². The van der Waals surface area contributed by atoms with E-state index in [1.165, 1.54) is 19.0 Å². The van der Waals surface area contributed by atoms with Crippen molar-refractivity contribution in [2.75, 3.05) is 33.0 Å². The van der Waals surface area contributed by atoms with Gasteiger partial charge in [0.25, 0.3) is 0 Å². The van der Waals surface area contributed by atoms with Crippen LogP contribution in [0.15, 0.2) is 23.0 Å². The maximum absolute atomic E-state index is 15.6. The third-order valence-electron chi connectivity index (χ3n) is 9.26. The molecule has 5 atom stereocenters. The van der Waals surface area contributed by atoms with E-state index in [0.717, 1.165) is 19.4 Å². The van der Waals surface area contributed by atoms with E-state index < -0.39 is 86.5 Å². The van der Waals surface area contributed by atoms with E-state index in [9.17, 15) is 39.6 Å². The molecule has 1 aromatic rings. The molecule has 1 amide bonds. The molecule has 41 heavy (non-hydrogen) atoms. The molecule has 12 heteroatoms. The number of hydrogen-bond donors (Lipinski definition) is 5. The van der Waals surface area contributed by atoms with Gasteiger partial charge in [-0.05, 0) is 60.3 Å². The predicted molar refractivity (Wildman–Crippen MR) is 145 cm³/mol. The number of hydrogen-bond acceptors (Lipinski definition) is 10. The minimum atomic E-state index is -2.74. The molecule has 5 N–H and O–H groups in total. The first-order chi connectivity index (χ1) is 19.1. The van der Waals surface area contributed by atoms with E-state index in [-0.39, 0.29) is 29.7 Å². The van der Waals surface area contributed by atoms with Crippen LogP contribution in [0.4, 0.5) is 10.1 Å². The summed E-state index contributed by atoms with van der Waals surface area (Å²) >= 11 is 0. The number of Topliss-reactive ketones (excluding diaryl/α,β-unsaturated/α-hetero) is 3. The summed E-state index contributed by atoms with van der Waals surface area (Å²) in [7, 11) is 4.84. The highest BCUT2D eigenvalue weighted by Gasteiger charge is 2.66. The van der Waals surface area contributed by atoms with E-state index >= 15 is 4.39 Å². The summed E-state index contributed by atoms with van der Waals surface area (Å²) in [6, 6.07) is -0.701. The van der Waals surface area contributed by atoms with Crippen LogP contribution in [0.5, 0.6) is 5.75 Å². The zero-order valence-corrected chi connectivity index (χ0v) is 23.5. The number of rotatable bonds is 4. The third-order valence-corrected chi connectivity index (χ3v) is 9.26. The Hall–Kier alpha value is -3.61. The molecule has 3 aliphatic carbocycles. The number of ketones is 3. The first kappa shape index (κ1) is 28.9. The molecule has 1 heterocycles. The average molecular weight is 572 g/mol. The summed E-state index contributed by atoms with van der Waals surface area (Å²) in [6.07, 6.45) is 1.03. The van der Waals surface area contributed by atoms with Crippen molar-refractivity contribution in [2.45, 2.75) is 57.2 Å². The quantitative estimate of drug-likeness (QED) is 0.265. The Balaban J connectivity index is 1.67. The maximum atomic E-state index is 15.6. The zero-order chi connectivity index (χ0) is 30.3. The van der Waals surface area contributed by atoms with Gasteiger partial charge in [-0.25, -0.2) is 4.39 Å². The second kappa shape index (κ2) is 9.47. The van der Waals surface area contributed by atoms with Crippen LogP contribution in [0.2, 0.25) is 0 Å². The summed E-state index contributed by atoms with van der Waals surface area (Å²) in [6.45, 7) is 3.30. The molecule has 5 rings (SSSR count). The fourth-order valence-electron chi connectivity index (χ4n) is 7.29. The number of phenolic OH excluding ortho intramolecular Hbond substituents is 1. The number of phenols is 1. The van der Waals surface area contributed by atoms with E-state index in [2.05, 4.69) is 5.32 Å². The Morgan fingerprint density at radius 3 is 2.41 bits per heavy atom. The largest absolute Gasteiger partial charge is 0.508 e. The van der Waals surface area contributed by atoms with Crippen LogP contribution < -0.4 is 5.32 Å². The third kappa shape index (κ3) is 3.95. The lowest BCUT2D eigenvalue weighted by Crippen LogP contribution is -2.67. The van der Waals surface area contributed by atoms with Gasteiger partial charge in [0.1, 0.15) is 22.9 Å². The normalized spacial score (nSPS) is 31.8. The van der Waals surface area contributed by atoms with Crippen molar-refractivity contribution in [1.29, 1.82) is 0 Å². The van der Waals surface area contributed by atoms with Crippen LogP contribution >= 0.6 is 0 Å². The molecule has 1 aromatic carbocycles. The number of amides is 1. The molecule has 0 unspecified atom stereocenters. The van der Waals surface area contributed by atoms with Crippen molar-refractivity contribution < 1.29 is 44.0 Å². The summed E-state index contributed by atoms with van der Waals surface area (Å²) in [4.78, 5) is 55.9. The number of likely N-dealkylation sites (N-methyl/N-ethyl adjacent to an activating group) is 2. The fraction of sp³-hybridized carbons (Fsp3) is 0.517. The second-order valence-corrected chi connectivity index (χ2v) is 12.2. The standard InChI is InChI=1S/C29H34FN3O8/c1-12(34)18-24(37)21(32(3)4)14-11-28(2)10-13-15(30)9-16(31-27(40)17-7-6-8-33(17)5)22(35)19(13)23(36)20(28)26(39)29(14,41)25(18)38/h9,14,17,21,35-36,38,41H,6-8,10-11H2,1-5H3,(H,31,40)/t14-,17-,21-,28-,29+/m0/s1. The molecular weight excluding hydrogens is 537 g/mol. The van der Waals surface area contributed by atoms with E-state index in [1.807, 2.05) is 4.90 Å². The number of carbonyl (C=O) groups excluding carboxylic acids is 4. The number of aliphatic hydroxyl groups excluding tert-OH is 2. The molecule has 1 saturated carbocycles. The molecule has 0 bridgehead atoms. The number of aromatic hydroxyl groups is 1.